The molecule has 1 aromatic heterocycles. The van der Waals surface area contributed by atoms with E-state index in [4.69, 9.17) is 0 Å². The van der Waals surface area contributed by atoms with Crippen LogP contribution in [0.1, 0.15) is 37.6 Å². The second kappa shape index (κ2) is 4.40. The lowest BCUT2D eigenvalue weighted by Crippen LogP contribution is -1.93. The van der Waals surface area contributed by atoms with Crippen molar-refractivity contribution in [3.8, 4) is 0 Å². The molecule has 0 bridgehead atoms. The number of nitrogens with zero attached hydrogens (tertiary/aromatic N) is 2. The van der Waals surface area contributed by atoms with Crippen LogP contribution >= 0.6 is 11.3 Å². The number of nitrogens with one attached hydrogen (secondary N) is 1. The van der Waals surface area contributed by atoms with Gasteiger partial charge in [-0.25, -0.2) is 0 Å². The van der Waals surface area contributed by atoms with Crippen molar-refractivity contribution >= 4 is 16.5 Å². The fourth-order valence-corrected chi connectivity index (χ4v) is 2.10. The maximum atomic E-state index is 4.14. The van der Waals surface area contributed by atoms with Gasteiger partial charge in [0.25, 0.3) is 0 Å². The molecule has 1 aromatic rings. The third kappa shape index (κ3) is 1.94. The Kier molecular flexibility index (Phi) is 3.47. The molecule has 0 saturated heterocycles. The van der Waals surface area contributed by atoms with Gasteiger partial charge in [-0.15, -0.1) is 10.2 Å². The second-order valence-electron chi connectivity index (χ2n) is 2.71. The van der Waals surface area contributed by atoms with E-state index in [2.05, 4.69) is 29.4 Å². The lowest BCUT2D eigenvalue weighted by Gasteiger charge is -2.05. The van der Waals surface area contributed by atoms with E-state index in [9.17, 15) is 0 Å². The van der Waals surface area contributed by atoms with Gasteiger partial charge in [0.2, 0.25) is 5.13 Å². The Morgan fingerprint density at radius 2 is 2.00 bits per heavy atom. The van der Waals surface area contributed by atoms with E-state index in [1.54, 1.807) is 11.3 Å². The second-order valence-corrected chi connectivity index (χ2v) is 3.72. The topological polar surface area (TPSA) is 37.8 Å². The Hall–Kier alpha value is -0.640. The maximum Gasteiger partial charge on any atom is 0.205 e. The molecule has 0 aliphatic heterocycles. The van der Waals surface area contributed by atoms with Crippen LogP contribution in [0.25, 0.3) is 0 Å². The molecule has 0 unspecified atom stereocenters. The SMILES string of the molecule is CCC(CC)c1nnc(NC)s1. The third-order valence-electron chi connectivity index (χ3n) is 1.99. The van der Waals surface area contributed by atoms with Crippen LogP contribution in [0.3, 0.4) is 0 Å². The first-order valence-electron chi connectivity index (χ1n) is 4.32. The highest BCUT2D eigenvalue weighted by molar-refractivity contribution is 7.15. The molecular formula is C8H15N3S. The molecule has 0 saturated carbocycles. The molecule has 0 amide bonds. The quantitative estimate of drug-likeness (QED) is 0.783. The first-order chi connectivity index (χ1) is 5.81. The Morgan fingerprint density at radius 1 is 1.33 bits per heavy atom. The first kappa shape index (κ1) is 9.45. The largest absolute Gasteiger partial charge is 0.363 e. The molecule has 0 atom stereocenters. The Morgan fingerprint density at radius 3 is 2.42 bits per heavy atom. The van der Waals surface area contributed by atoms with Crippen molar-refractivity contribution in [2.45, 2.75) is 32.6 Å². The van der Waals surface area contributed by atoms with Gasteiger partial charge in [0, 0.05) is 13.0 Å². The molecule has 4 heteroatoms. The molecule has 3 nitrogen and oxygen atoms in total. The lowest BCUT2D eigenvalue weighted by molar-refractivity contribution is 0.630. The summed E-state index contributed by atoms with van der Waals surface area (Å²) in [5, 5.41) is 13.2. The van der Waals surface area contributed by atoms with Gasteiger partial charge in [-0.05, 0) is 12.8 Å². The summed E-state index contributed by atoms with van der Waals surface area (Å²) in [6.45, 7) is 4.38. The van der Waals surface area contributed by atoms with Crippen molar-refractivity contribution in [3.63, 3.8) is 0 Å². The fraction of sp³-hybridized carbons (Fsp3) is 0.750. The van der Waals surface area contributed by atoms with E-state index in [-0.39, 0.29) is 0 Å². The zero-order valence-corrected chi connectivity index (χ0v) is 8.61. The normalized spacial score (nSPS) is 10.7. The molecule has 0 aliphatic carbocycles. The summed E-state index contributed by atoms with van der Waals surface area (Å²) in [5.74, 6) is 0.588. The van der Waals surface area contributed by atoms with Crippen LogP contribution < -0.4 is 5.32 Å². The lowest BCUT2D eigenvalue weighted by atomic mass is 10.1. The fourth-order valence-electron chi connectivity index (χ4n) is 1.14. The zero-order valence-electron chi connectivity index (χ0n) is 7.79. The van der Waals surface area contributed by atoms with Crippen LogP contribution in [0.4, 0.5) is 5.13 Å². The van der Waals surface area contributed by atoms with E-state index in [1.165, 1.54) is 0 Å². The monoisotopic (exact) mass is 185 g/mol. The van der Waals surface area contributed by atoms with Gasteiger partial charge in [-0.2, -0.15) is 0 Å². The van der Waals surface area contributed by atoms with Crippen molar-refractivity contribution in [1.82, 2.24) is 10.2 Å². The van der Waals surface area contributed by atoms with Crippen molar-refractivity contribution < 1.29 is 0 Å². The molecule has 1 N–H and O–H groups in total. The summed E-state index contributed by atoms with van der Waals surface area (Å²) in [7, 11) is 1.87. The summed E-state index contributed by atoms with van der Waals surface area (Å²) in [6.07, 6.45) is 2.30. The van der Waals surface area contributed by atoms with Gasteiger partial charge < -0.3 is 5.32 Å². The van der Waals surface area contributed by atoms with Crippen molar-refractivity contribution in [1.29, 1.82) is 0 Å². The van der Waals surface area contributed by atoms with E-state index in [0.717, 1.165) is 23.0 Å². The van der Waals surface area contributed by atoms with Crippen LogP contribution in [0.15, 0.2) is 0 Å². The van der Waals surface area contributed by atoms with Gasteiger partial charge in [-0.1, -0.05) is 25.2 Å². The van der Waals surface area contributed by atoms with Gasteiger partial charge in [0.15, 0.2) is 0 Å². The zero-order chi connectivity index (χ0) is 8.97. The number of rotatable bonds is 4. The van der Waals surface area contributed by atoms with E-state index >= 15 is 0 Å². The third-order valence-corrected chi connectivity index (χ3v) is 3.09. The molecule has 0 spiro atoms. The molecule has 1 heterocycles. The van der Waals surface area contributed by atoms with E-state index in [1.807, 2.05) is 7.05 Å². The highest BCUT2D eigenvalue weighted by Crippen LogP contribution is 2.27. The van der Waals surface area contributed by atoms with Gasteiger partial charge >= 0.3 is 0 Å². The number of aromatic nitrogens is 2. The van der Waals surface area contributed by atoms with E-state index < -0.39 is 0 Å². The molecule has 0 fully saturated rings. The highest BCUT2D eigenvalue weighted by Gasteiger charge is 2.11. The van der Waals surface area contributed by atoms with Crippen LogP contribution in [0, 0.1) is 0 Å². The molecule has 0 aliphatic rings. The summed E-state index contributed by atoms with van der Waals surface area (Å²) in [6, 6.07) is 0. The molecule has 68 valence electrons. The minimum atomic E-state index is 0.588. The average Bonchev–Trinajstić information content (AvgIpc) is 2.55. The Balaban J connectivity index is 2.72. The van der Waals surface area contributed by atoms with Crippen molar-refractivity contribution in [2.24, 2.45) is 0 Å². The minimum absolute atomic E-state index is 0.588. The highest BCUT2D eigenvalue weighted by atomic mass is 32.1. The minimum Gasteiger partial charge on any atom is -0.363 e. The van der Waals surface area contributed by atoms with Gasteiger partial charge in [-0.3, -0.25) is 0 Å². The summed E-state index contributed by atoms with van der Waals surface area (Å²) < 4.78 is 0. The number of hydrogen-bond acceptors (Lipinski definition) is 4. The first-order valence-corrected chi connectivity index (χ1v) is 5.14. The van der Waals surface area contributed by atoms with E-state index in [0.29, 0.717) is 5.92 Å². The standard InChI is InChI=1S/C8H15N3S/c1-4-6(5-2)7-10-11-8(9-3)12-7/h6H,4-5H2,1-3H3,(H,9,11). The summed E-state index contributed by atoms with van der Waals surface area (Å²) in [4.78, 5) is 0. The molecule has 12 heavy (non-hydrogen) atoms. The molecule has 1 rings (SSSR count). The predicted molar refractivity (Wildman–Crippen MR) is 52.8 cm³/mol. The summed E-state index contributed by atoms with van der Waals surface area (Å²) in [5.41, 5.74) is 0. The van der Waals surface area contributed by atoms with Gasteiger partial charge in [0.05, 0.1) is 0 Å². The van der Waals surface area contributed by atoms with Crippen molar-refractivity contribution in [3.05, 3.63) is 5.01 Å². The maximum absolute atomic E-state index is 4.14. The molecule has 0 aromatic carbocycles. The van der Waals surface area contributed by atoms with Crippen LogP contribution in [-0.2, 0) is 0 Å². The number of anilines is 1. The smallest absolute Gasteiger partial charge is 0.205 e. The number of hydrogen-bond donors (Lipinski definition) is 1. The van der Waals surface area contributed by atoms with Crippen LogP contribution in [-0.4, -0.2) is 17.2 Å². The van der Waals surface area contributed by atoms with Gasteiger partial charge in [0.1, 0.15) is 5.01 Å². The molecular weight excluding hydrogens is 170 g/mol. The average molecular weight is 185 g/mol. The van der Waals surface area contributed by atoms with Crippen LogP contribution in [0.2, 0.25) is 0 Å². The summed E-state index contributed by atoms with van der Waals surface area (Å²) >= 11 is 1.66. The Labute approximate surface area is 77.2 Å². The predicted octanol–water partition coefficient (Wildman–Crippen LogP) is 2.48. The van der Waals surface area contributed by atoms with Crippen molar-refractivity contribution in [2.75, 3.05) is 12.4 Å². The Bertz CT molecular complexity index is 230. The molecule has 0 radical (unpaired) electrons. The van der Waals surface area contributed by atoms with Crippen LogP contribution in [0.5, 0.6) is 0 Å².